The molecule has 0 aliphatic carbocycles. The molecular weight excluding hydrogens is 452 g/mol. The first-order valence-corrected chi connectivity index (χ1v) is 12.1. The van der Waals surface area contributed by atoms with Crippen LogP contribution in [0.5, 0.6) is 0 Å². The standard InChI is InChI=1S/C29H24N4OS/c1-21-14-16-23(17-15-21)26-28(32-27(34)24-10-4-2-5-11-24)35-29(31-25-12-6-3-7-13-25)33(26)20-22-9-8-18-30-19-22/h2-19H,20H2,1H3,(H,32,34). The molecule has 0 spiro atoms. The number of amides is 1. The number of anilines is 1. The van der Waals surface area contributed by atoms with Gasteiger partial charge in [0, 0.05) is 23.5 Å². The summed E-state index contributed by atoms with van der Waals surface area (Å²) >= 11 is 1.47. The molecular formula is C29H24N4OS. The minimum absolute atomic E-state index is 0.153. The summed E-state index contributed by atoms with van der Waals surface area (Å²) in [6, 6.07) is 31.4. The van der Waals surface area contributed by atoms with Crippen molar-refractivity contribution in [2.75, 3.05) is 5.32 Å². The van der Waals surface area contributed by atoms with E-state index in [4.69, 9.17) is 4.99 Å². The van der Waals surface area contributed by atoms with Gasteiger partial charge in [-0.2, -0.15) is 0 Å². The molecule has 172 valence electrons. The van der Waals surface area contributed by atoms with Crippen molar-refractivity contribution in [3.8, 4) is 11.3 Å². The molecule has 0 atom stereocenters. The Morgan fingerprint density at radius 3 is 2.31 bits per heavy atom. The minimum Gasteiger partial charge on any atom is -0.312 e. The third-order valence-electron chi connectivity index (χ3n) is 5.54. The van der Waals surface area contributed by atoms with Crippen LogP contribution in [0.3, 0.4) is 0 Å². The molecule has 0 radical (unpaired) electrons. The number of hydrogen-bond donors (Lipinski definition) is 1. The first-order chi connectivity index (χ1) is 17.2. The van der Waals surface area contributed by atoms with E-state index in [-0.39, 0.29) is 5.91 Å². The first-order valence-electron chi connectivity index (χ1n) is 11.3. The van der Waals surface area contributed by atoms with Gasteiger partial charge in [-0.1, -0.05) is 83.6 Å². The molecule has 0 unspecified atom stereocenters. The highest BCUT2D eigenvalue weighted by Crippen LogP contribution is 2.32. The van der Waals surface area contributed by atoms with E-state index < -0.39 is 0 Å². The lowest BCUT2D eigenvalue weighted by Crippen LogP contribution is -2.17. The van der Waals surface area contributed by atoms with Crippen molar-refractivity contribution in [1.29, 1.82) is 0 Å². The van der Waals surface area contributed by atoms with Crippen LogP contribution < -0.4 is 10.1 Å². The van der Waals surface area contributed by atoms with Crippen molar-refractivity contribution in [3.63, 3.8) is 0 Å². The van der Waals surface area contributed by atoms with Crippen LogP contribution in [0.2, 0.25) is 0 Å². The third kappa shape index (κ3) is 5.28. The van der Waals surface area contributed by atoms with Crippen molar-refractivity contribution in [1.82, 2.24) is 9.55 Å². The first kappa shape index (κ1) is 22.5. The number of pyridine rings is 1. The Balaban J connectivity index is 1.70. The van der Waals surface area contributed by atoms with Gasteiger partial charge in [-0.3, -0.25) is 9.78 Å². The number of carbonyl (C=O) groups is 1. The van der Waals surface area contributed by atoms with Gasteiger partial charge in [-0.25, -0.2) is 4.99 Å². The summed E-state index contributed by atoms with van der Waals surface area (Å²) in [5, 5.41) is 3.91. The van der Waals surface area contributed by atoms with Crippen LogP contribution in [0.25, 0.3) is 11.3 Å². The van der Waals surface area contributed by atoms with Gasteiger partial charge in [-0.05, 0) is 42.8 Å². The SMILES string of the molecule is Cc1ccc(-c2c(NC(=O)c3ccccc3)sc(=Nc3ccccc3)n2Cc2cccnc2)cc1. The lowest BCUT2D eigenvalue weighted by Gasteiger charge is -2.12. The molecule has 1 amide bonds. The minimum atomic E-state index is -0.153. The fourth-order valence-corrected chi connectivity index (χ4v) is 4.85. The van der Waals surface area contributed by atoms with Gasteiger partial charge >= 0.3 is 0 Å². The second-order valence-corrected chi connectivity index (χ2v) is 9.12. The molecule has 2 heterocycles. The fourth-order valence-electron chi connectivity index (χ4n) is 3.78. The van der Waals surface area contributed by atoms with Gasteiger partial charge in [0.1, 0.15) is 5.00 Å². The van der Waals surface area contributed by atoms with Crippen molar-refractivity contribution < 1.29 is 4.79 Å². The zero-order valence-electron chi connectivity index (χ0n) is 19.3. The number of carbonyl (C=O) groups excluding carboxylic acids is 1. The van der Waals surface area contributed by atoms with Crippen molar-refractivity contribution >= 4 is 27.9 Å². The van der Waals surface area contributed by atoms with E-state index in [2.05, 4.69) is 46.1 Å². The molecule has 2 aromatic heterocycles. The van der Waals surface area contributed by atoms with Gasteiger partial charge in [0.2, 0.25) is 0 Å². The molecule has 5 rings (SSSR count). The van der Waals surface area contributed by atoms with Crippen LogP contribution in [0.1, 0.15) is 21.5 Å². The Hall–Kier alpha value is -4.29. The third-order valence-corrected chi connectivity index (χ3v) is 6.54. The maximum Gasteiger partial charge on any atom is 0.256 e. The highest BCUT2D eigenvalue weighted by Gasteiger charge is 2.19. The average Bonchev–Trinajstić information content (AvgIpc) is 3.22. The number of nitrogens with zero attached hydrogens (tertiary/aromatic N) is 3. The second kappa shape index (κ2) is 10.3. The number of thiazole rings is 1. The topological polar surface area (TPSA) is 59.3 Å². The van der Waals surface area contributed by atoms with Crippen LogP contribution in [0.15, 0.2) is 114 Å². The summed E-state index contributed by atoms with van der Waals surface area (Å²) in [6.45, 7) is 2.63. The van der Waals surface area contributed by atoms with E-state index in [0.29, 0.717) is 12.1 Å². The molecule has 35 heavy (non-hydrogen) atoms. The van der Waals surface area contributed by atoms with Crippen LogP contribution in [-0.4, -0.2) is 15.5 Å². The monoisotopic (exact) mass is 476 g/mol. The molecule has 1 N–H and O–H groups in total. The average molecular weight is 477 g/mol. The molecule has 0 saturated carbocycles. The highest BCUT2D eigenvalue weighted by atomic mass is 32.1. The number of aryl methyl sites for hydroxylation is 1. The molecule has 5 aromatic rings. The lowest BCUT2D eigenvalue weighted by atomic mass is 10.1. The molecule has 6 heteroatoms. The smallest absolute Gasteiger partial charge is 0.256 e. The summed E-state index contributed by atoms with van der Waals surface area (Å²) < 4.78 is 2.15. The maximum absolute atomic E-state index is 13.1. The Kier molecular flexibility index (Phi) is 6.63. The predicted octanol–water partition coefficient (Wildman–Crippen LogP) is 6.45. The van der Waals surface area contributed by atoms with Crippen LogP contribution >= 0.6 is 11.3 Å². The zero-order chi connectivity index (χ0) is 24.0. The van der Waals surface area contributed by atoms with Crippen molar-refractivity contribution in [2.45, 2.75) is 13.5 Å². The Morgan fingerprint density at radius 1 is 0.914 bits per heavy atom. The largest absolute Gasteiger partial charge is 0.312 e. The zero-order valence-corrected chi connectivity index (χ0v) is 20.1. The number of hydrogen-bond acceptors (Lipinski definition) is 4. The molecule has 0 aliphatic rings. The van der Waals surface area contributed by atoms with E-state index in [0.717, 1.165) is 32.3 Å². The Bertz CT molecular complexity index is 1490. The van der Waals surface area contributed by atoms with E-state index in [1.807, 2.05) is 79.0 Å². The molecule has 0 saturated heterocycles. The van der Waals surface area contributed by atoms with Crippen LogP contribution in [-0.2, 0) is 6.54 Å². The second-order valence-electron chi connectivity index (χ2n) is 8.14. The van der Waals surface area contributed by atoms with E-state index in [1.54, 1.807) is 6.20 Å². The number of para-hydroxylation sites is 1. The van der Waals surface area contributed by atoms with Gasteiger partial charge in [0.05, 0.1) is 17.9 Å². The highest BCUT2D eigenvalue weighted by molar-refractivity contribution is 7.14. The summed E-state index contributed by atoms with van der Waals surface area (Å²) in [7, 11) is 0. The fraction of sp³-hybridized carbons (Fsp3) is 0.0690. The van der Waals surface area contributed by atoms with E-state index >= 15 is 0 Å². The van der Waals surface area contributed by atoms with E-state index in [9.17, 15) is 4.79 Å². The molecule has 0 fully saturated rings. The van der Waals surface area contributed by atoms with E-state index in [1.165, 1.54) is 16.9 Å². The number of benzene rings is 3. The number of rotatable bonds is 6. The Morgan fingerprint density at radius 2 is 1.63 bits per heavy atom. The number of aromatic nitrogens is 2. The number of nitrogens with one attached hydrogen (secondary N) is 1. The molecule has 3 aromatic carbocycles. The summed E-state index contributed by atoms with van der Waals surface area (Å²) in [5.41, 5.74) is 5.61. The van der Waals surface area contributed by atoms with Gasteiger partial charge in [-0.15, -0.1) is 0 Å². The quantitative estimate of drug-likeness (QED) is 0.306. The van der Waals surface area contributed by atoms with Crippen LogP contribution in [0.4, 0.5) is 10.7 Å². The van der Waals surface area contributed by atoms with Gasteiger partial charge < -0.3 is 9.88 Å². The molecule has 0 bridgehead atoms. The summed E-state index contributed by atoms with van der Waals surface area (Å²) in [5.74, 6) is -0.153. The predicted molar refractivity (Wildman–Crippen MR) is 142 cm³/mol. The van der Waals surface area contributed by atoms with Gasteiger partial charge in [0.25, 0.3) is 5.91 Å². The molecule has 0 aliphatic heterocycles. The summed E-state index contributed by atoms with van der Waals surface area (Å²) in [4.78, 5) is 23.2. The van der Waals surface area contributed by atoms with Crippen molar-refractivity contribution in [3.05, 3.63) is 131 Å². The Labute approximate surface area is 208 Å². The summed E-state index contributed by atoms with van der Waals surface area (Å²) in [6.07, 6.45) is 3.63. The normalized spacial score (nSPS) is 11.4. The lowest BCUT2D eigenvalue weighted by molar-refractivity contribution is 0.102. The maximum atomic E-state index is 13.1. The van der Waals surface area contributed by atoms with Gasteiger partial charge in [0.15, 0.2) is 4.80 Å². The van der Waals surface area contributed by atoms with Crippen LogP contribution in [0, 0.1) is 6.92 Å². The van der Waals surface area contributed by atoms with Crippen molar-refractivity contribution in [2.24, 2.45) is 4.99 Å². The molecule has 5 nitrogen and oxygen atoms in total.